The van der Waals surface area contributed by atoms with E-state index in [1.54, 1.807) is 0 Å². The van der Waals surface area contributed by atoms with Crippen molar-refractivity contribution in [2.24, 2.45) is 0 Å². The molecule has 14 heavy (non-hydrogen) atoms. The van der Waals surface area contributed by atoms with E-state index in [0.29, 0.717) is 0 Å². The number of hydrogen-bond acceptors (Lipinski definition) is 2. The van der Waals surface area contributed by atoms with Gasteiger partial charge in [0, 0.05) is 17.4 Å². The van der Waals surface area contributed by atoms with Crippen molar-refractivity contribution >= 4 is 28.3 Å². The van der Waals surface area contributed by atoms with E-state index in [0.717, 1.165) is 20.5 Å². The van der Waals surface area contributed by atoms with Gasteiger partial charge < -0.3 is 5.73 Å². The average molecular weight is 296 g/mol. The van der Waals surface area contributed by atoms with E-state index < -0.39 is 0 Å². The van der Waals surface area contributed by atoms with Crippen molar-refractivity contribution in [3.8, 4) is 11.1 Å². The SMILES string of the molecule is Nc1cc(I)ncc1-c1ccccc1. The van der Waals surface area contributed by atoms with Gasteiger partial charge in [-0.05, 0) is 34.2 Å². The number of pyridine rings is 1. The first kappa shape index (κ1) is 9.45. The number of halogens is 1. The Balaban J connectivity index is 2.53. The minimum Gasteiger partial charge on any atom is -0.398 e. The van der Waals surface area contributed by atoms with Crippen LogP contribution in [0.5, 0.6) is 0 Å². The van der Waals surface area contributed by atoms with Crippen molar-refractivity contribution in [3.05, 3.63) is 46.3 Å². The third-order valence-corrected chi connectivity index (χ3v) is 2.58. The summed E-state index contributed by atoms with van der Waals surface area (Å²) in [6.45, 7) is 0. The van der Waals surface area contributed by atoms with Crippen LogP contribution in [0.1, 0.15) is 0 Å². The summed E-state index contributed by atoms with van der Waals surface area (Å²) in [4.78, 5) is 4.22. The van der Waals surface area contributed by atoms with Crippen molar-refractivity contribution in [1.29, 1.82) is 0 Å². The van der Waals surface area contributed by atoms with Crippen molar-refractivity contribution in [2.45, 2.75) is 0 Å². The topological polar surface area (TPSA) is 38.9 Å². The Morgan fingerprint density at radius 2 is 1.86 bits per heavy atom. The molecular formula is C11H9IN2. The van der Waals surface area contributed by atoms with Crippen LogP contribution in [0, 0.1) is 3.70 Å². The van der Waals surface area contributed by atoms with Crippen molar-refractivity contribution < 1.29 is 0 Å². The first-order valence-corrected chi connectivity index (χ1v) is 5.31. The highest BCUT2D eigenvalue weighted by Gasteiger charge is 2.02. The summed E-state index contributed by atoms with van der Waals surface area (Å²) in [5.41, 5.74) is 8.78. The van der Waals surface area contributed by atoms with Crippen LogP contribution >= 0.6 is 22.6 Å². The molecule has 0 fully saturated rings. The van der Waals surface area contributed by atoms with Gasteiger partial charge in [-0.3, -0.25) is 0 Å². The molecule has 0 amide bonds. The summed E-state index contributed by atoms with van der Waals surface area (Å²) < 4.78 is 0.916. The fourth-order valence-corrected chi connectivity index (χ4v) is 1.78. The fourth-order valence-electron chi connectivity index (χ4n) is 1.30. The monoisotopic (exact) mass is 296 g/mol. The van der Waals surface area contributed by atoms with Crippen molar-refractivity contribution in [2.75, 3.05) is 5.73 Å². The third kappa shape index (κ3) is 1.87. The van der Waals surface area contributed by atoms with E-state index in [-0.39, 0.29) is 0 Å². The zero-order chi connectivity index (χ0) is 9.97. The van der Waals surface area contributed by atoms with Gasteiger partial charge in [0.15, 0.2) is 0 Å². The van der Waals surface area contributed by atoms with E-state index in [9.17, 15) is 0 Å². The molecule has 3 heteroatoms. The molecule has 0 unspecified atom stereocenters. The number of benzene rings is 1. The maximum Gasteiger partial charge on any atom is 0.103 e. The van der Waals surface area contributed by atoms with E-state index in [2.05, 4.69) is 27.6 Å². The van der Waals surface area contributed by atoms with Crippen LogP contribution in [-0.2, 0) is 0 Å². The molecule has 2 rings (SSSR count). The van der Waals surface area contributed by atoms with Crippen molar-refractivity contribution in [1.82, 2.24) is 4.98 Å². The summed E-state index contributed by atoms with van der Waals surface area (Å²) in [5.74, 6) is 0. The summed E-state index contributed by atoms with van der Waals surface area (Å²) in [6.07, 6.45) is 1.81. The maximum absolute atomic E-state index is 5.91. The van der Waals surface area contributed by atoms with E-state index >= 15 is 0 Å². The molecule has 1 aromatic carbocycles. The lowest BCUT2D eigenvalue weighted by molar-refractivity contribution is 1.28. The molecule has 0 aliphatic heterocycles. The van der Waals surface area contributed by atoms with Crippen LogP contribution < -0.4 is 5.73 Å². The highest BCUT2D eigenvalue weighted by atomic mass is 127. The summed E-state index contributed by atoms with van der Waals surface area (Å²) in [5, 5.41) is 0. The predicted molar refractivity (Wildman–Crippen MR) is 66.8 cm³/mol. The Morgan fingerprint density at radius 1 is 1.14 bits per heavy atom. The fraction of sp³-hybridized carbons (Fsp3) is 0. The Bertz CT molecular complexity index is 440. The quantitative estimate of drug-likeness (QED) is 0.649. The smallest absolute Gasteiger partial charge is 0.103 e. The first-order chi connectivity index (χ1) is 6.77. The van der Waals surface area contributed by atoms with Crippen LogP contribution in [0.3, 0.4) is 0 Å². The van der Waals surface area contributed by atoms with Crippen LogP contribution in [0.2, 0.25) is 0 Å². The summed E-state index contributed by atoms with van der Waals surface area (Å²) >= 11 is 2.15. The van der Waals surface area contributed by atoms with Gasteiger partial charge in [-0.1, -0.05) is 30.3 Å². The second kappa shape index (κ2) is 3.96. The molecule has 2 nitrogen and oxygen atoms in total. The molecule has 0 radical (unpaired) electrons. The highest BCUT2D eigenvalue weighted by molar-refractivity contribution is 14.1. The highest BCUT2D eigenvalue weighted by Crippen LogP contribution is 2.25. The number of aromatic nitrogens is 1. The van der Waals surface area contributed by atoms with E-state index in [1.807, 2.05) is 42.6 Å². The predicted octanol–water partition coefficient (Wildman–Crippen LogP) is 2.94. The average Bonchev–Trinajstić information content (AvgIpc) is 2.19. The van der Waals surface area contributed by atoms with E-state index in [4.69, 9.17) is 5.73 Å². The maximum atomic E-state index is 5.91. The molecule has 2 aromatic rings. The van der Waals surface area contributed by atoms with Gasteiger partial charge >= 0.3 is 0 Å². The van der Waals surface area contributed by atoms with Crippen molar-refractivity contribution in [3.63, 3.8) is 0 Å². The summed E-state index contributed by atoms with van der Waals surface area (Å²) in [7, 11) is 0. The number of nitrogens with two attached hydrogens (primary N) is 1. The Hall–Kier alpha value is -1.10. The molecule has 0 bridgehead atoms. The van der Waals surface area contributed by atoms with Crippen LogP contribution in [0.4, 0.5) is 5.69 Å². The molecule has 0 saturated carbocycles. The van der Waals surface area contributed by atoms with Crippen LogP contribution in [0.15, 0.2) is 42.6 Å². The van der Waals surface area contributed by atoms with Gasteiger partial charge in [0.05, 0.1) is 0 Å². The minimum atomic E-state index is 0.774. The van der Waals surface area contributed by atoms with E-state index in [1.165, 1.54) is 0 Å². The standard InChI is InChI=1S/C11H9IN2/c12-11-6-10(13)9(7-14-11)8-4-2-1-3-5-8/h1-7H,(H2,13,14). The molecule has 1 heterocycles. The van der Waals surface area contributed by atoms with Gasteiger partial charge in [-0.2, -0.15) is 0 Å². The van der Waals surface area contributed by atoms with Crippen LogP contribution in [-0.4, -0.2) is 4.98 Å². The largest absolute Gasteiger partial charge is 0.398 e. The van der Waals surface area contributed by atoms with Gasteiger partial charge in [0.25, 0.3) is 0 Å². The number of rotatable bonds is 1. The normalized spacial score (nSPS) is 10.1. The van der Waals surface area contributed by atoms with Gasteiger partial charge in [-0.15, -0.1) is 0 Å². The molecule has 0 aliphatic carbocycles. The van der Waals surface area contributed by atoms with Gasteiger partial charge in [0.1, 0.15) is 3.70 Å². The number of nitrogen functional groups attached to an aromatic ring is 1. The molecule has 1 aromatic heterocycles. The lowest BCUT2D eigenvalue weighted by Crippen LogP contribution is -1.92. The second-order valence-corrected chi connectivity index (χ2v) is 4.07. The second-order valence-electron chi connectivity index (χ2n) is 2.96. The van der Waals surface area contributed by atoms with Crippen LogP contribution in [0.25, 0.3) is 11.1 Å². The number of nitrogens with zero attached hydrogens (tertiary/aromatic N) is 1. The molecule has 0 saturated heterocycles. The number of hydrogen-bond donors (Lipinski definition) is 1. The molecule has 0 aliphatic rings. The molecule has 0 spiro atoms. The zero-order valence-corrected chi connectivity index (χ0v) is 9.60. The number of anilines is 1. The molecule has 70 valence electrons. The lowest BCUT2D eigenvalue weighted by atomic mass is 10.1. The summed E-state index contributed by atoms with van der Waals surface area (Å²) in [6, 6.07) is 11.9. The minimum absolute atomic E-state index is 0.774. The third-order valence-electron chi connectivity index (χ3n) is 1.99. The van der Waals surface area contributed by atoms with Gasteiger partial charge in [-0.25, -0.2) is 4.98 Å². The Labute approximate surface area is 96.3 Å². The molecular weight excluding hydrogens is 287 g/mol. The van der Waals surface area contributed by atoms with Gasteiger partial charge in [0.2, 0.25) is 0 Å². The zero-order valence-electron chi connectivity index (χ0n) is 7.44. The molecule has 0 atom stereocenters. The molecule has 2 N–H and O–H groups in total. The lowest BCUT2D eigenvalue weighted by Gasteiger charge is -2.04. The first-order valence-electron chi connectivity index (χ1n) is 4.24. The Kier molecular flexibility index (Phi) is 2.67. The Morgan fingerprint density at radius 3 is 2.50 bits per heavy atom.